The maximum absolute atomic E-state index is 5.98. The largest absolute Gasteiger partial charge is 0.329 e. The van der Waals surface area contributed by atoms with Gasteiger partial charge in [0.15, 0.2) is 0 Å². The Kier molecular flexibility index (Phi) is 3.53. The maximum atomic E-state index is 5.98. The summed E-state index contributed by atoms with van der Waals surface area (Å²) in [4.78, 5) is 0. The quantitative estimate of drug-likeness (QED) is 0.749. The molecule has 3 N–H and O–H groups in total. The molecule has 0 aliphatic carbocycles. The minimum Gasteiger partial charge on any atom is -0.329 e. The Hall–Kier alpha value is -0.570. The third-order valence-corrected chi connectivity index (χ3v) is 2.21. The molecule has 0 radical (unpaired) electrons. The third-order valence-electron chi connectivity index (χ3n) is 1.86. The topological polar surface area (TPSA) is 38.0 Å². The molecule has 0 amide bonds. The molecule has 3 heteroatoms. The van der Waals surface area contributed by atoms with Crippen molar-refractivity contribution in [1.29, 1.82) is 0 Å². The molecule has 1 rings (SSSR count). The Morgan fingerprint density at radius 3 is 2.67 bits per heavy atom. The normalized spacial score (nSPS) is 12.9. The van der Waals surface area contributed by atoms with Gasteiger partial charge in [0.05, 0.1) is 0 Å². The van der Waals surface area contributed by atoms with E-state index in [2.05, 4.69) is 5.32 Å². The molecule has 0 bridgehead atoms. The second kappa shape index (κ2) is 4.45. The predicted molar refractivity (Wildman–Crippen MR) is 52.3 cm³/mol. The number of nitrogens with one attached hydrogen (secondary N) is 1. The fraction of sp³-hybridized carbons (Fsp3) is 0.333. The first-order valence-corrected chi connectivity index (χ1v) is 4.29. The molecule has 0 fully saturated rings. The fourth-order valence-corrected chi connectivity index (χ4v) is 1.43. The highest BCUT2D eigenvalue weighted by Crippen LogP contribution is 2.21. The molecule has 2 nitrogen and oxygen atoms in total. The van der Waals surface area contributed by atoms with Crippen molar-refractivity contribution < 1.29 is 0 Å². The summed E-state index contributed by atoms with van der Waals surface area (Å²) in [5, 5.41) is 3.87. The zero-order valence-electron chi connectivity index (χ0n) is 7.05. The van der Waals surface area contributed by atoms with Crippen LogP contribution in [0.3, 0.4) is 0 Å². The van der Waals surface area contributed by atoms with Crippen LogP contribution in [0.1, 0.15) is 11.6 Å². The third kappa shape index (κ3) is 1.97. The molecule has 1 aromatic carbocycles. The van der Waals surface area contributed by atoms with Crippen LogP contribution in [0.15, 0.2) is 24.3 Å². The Bertz CT molecular complexity index is 246. The summed E-state index contributed by atoms with van der Waals surface area (Å²) in [6.45, 7) is 0.556. The highest BCUT2D eigenvalue weighted by molar-refractivity contribution is 6.31. The zero-order valence-corrected chi connectivity index (χ0v) is 7.81. The smallest absolute Gasteiger partial charge is 0.0456 e. The number of benzene rings is 1. The molecule has 0 unspecified atom stereocenters. The molecule has 0 saturated carbocycles. The zero-order chi connectivity index (χ0) is 8.97. The van der Waals surface area contributed by atoms with E-state index < -0.39 is 0 Å². The van der Waals surface area contributed by atoms with Gasteiger partial charge < -0.3 is 11.1 Å². The summed E-state index contributed by atoms with van der Waals surface area (Å²) >= 11 is 5.98. The Morgan fingerprint density at radius 1 is 1.50 bits per heavy atom. The van der Waals surface area contributed by atoms with Crippen molar-refractivity contribution in [1.82, 2.24) is 5.32 Å². The molecule has 0 spiro atoms. The summed E-state index contributed by atoms with van der Waals surface area (Å²) < 4.78 is 0. The number of halogens is 1. The summed E-state index contributed by atoms with van der Waals surface area (Å²) in [5.41, 5.74) is 6.62. The van der Waals surface area contributed by atoms with Gasteiger partial charge in [0.1, 0.15) is 0 Å². The number of rotatable bonds is 3. The van der Waals surface area contributed by atoms with Gasteiger partial charge in [-0.2, -0.15) is 0 Å². The first kappa shape index (κ1) is 9.52. The van der Waals surface area contributed by atoms with Gasteiger partial charge in [-0.1, -0.05) is 29.8 Å². The van der Waals surface area contributed by atoms with Crippen LogP contribution in [0.4, 0.5) is 0 Å². The molecule has 0 saturated heterocycles. The first-order chi connectivity index (χ1) is 5.79. The van der Waals surface area contributed by atoms with Crippen molar-refractivity contribution in [3.8, 4) is 0 Å². The number of hydrogen-bond acceptors (Lipinski definition) is 2. The fourth-order valence-electron chi connectivity index (χ4n) is 1.16. The number of nitrogens with two attached hydrogens (primary N) is 1. The predicted octanol–water partition coefficient (Wildman–Crippen LogP) is 1.56. The molecule has 0 aliphatic heterocycles. The number of likely N-dealkylation sites (N-methyl/N-ethyl adjacent to an activating group) is 1. The van der Waals surface area contributed by atoms with Crippen LogP contribution < -0.4 is 11.1 Å². The van der Waals surface area contributed by atoms with Gasteiger partial charge in [-0.15, -0.1) is 0 Å². The molecule has 1 aromatic rings. The van der Waals surface area contributed by atoms with Gasteiger partial charge >= 0.3 is 0 Å². The summed E-state index contributed by atoms with van der Waals surface area (Å²) in [6.07, 6.45) is 0. The average Bonchev–Trinajstić information content (AvgIpc) is 2.10. The second-order valence-electron chi connectivity index (χ2n) is 2.60. The van der Waals surface area contributed by atoms with E-state index in [0.29, 0.717) is 6.54 Å². The minimum atomic E-state index is 0.152. The van der Waals surface area contributed by atoms with E-state index in [-0.39, 0.29) is 6.04 Å². The molecule has 1 atom stereocenters. The van der Waals surface area contributed by atoms with E-state index in [4.69, 9.17) is 17.3 Å². The Balaban J connectivity index is 2.92. The SMILES string of the molecule is CN[C@@H](CN)c1ccccc1Cl. The van der Waals surface area contributed by atoms with Crippen LogP contribution in [-0.4, -0.2) is 13.6 Å². The number of hydrogen-bond donors (Lipinski definition) is 2. The van der Waals surface area contributed by atoms with Gasteiger partial charge in [0.25, 0.3) is 0 Å². The maximum Gasteiger partial charge on any atom is 0.0456 e. The van der Waals surface area contributed by atoms with Crippen LogP contribution in [0, 0.1) is 0 Å². The van der Waals surface area contributed by atoms with Gasteiger partial charge in [-0.25, -0.2) is 0 Å². The van der Waals surface area contributed by atoms with Crippen LogP contribution >= 0.6 is 11.6 Å². The van der Waals surface area contributed by atoms with E-state index >= 15 is 0 Å². The van der Waals surface area contributed by atoms with Crippen molar-refractivity contribution in [2.45, 2.75) is 6.04 Å². The van der Waals surface area contributed by atoms with Crippen molar-refractivity contribution in [2.24, 2.45) is 5.73 Å². The van der Waals surface area contributed by atoms with Gasteiger partial charge in [-0.3, -0.25) is 0 Å². The molecule has 0 aromatic heterocycles. The van der Waals surface area contributed by atoms with Gasteiger partial charge in [-0.05, 0) is 18.7 Å². The van der Waals surface area contributed by atoms with Crippen molar-refractivity contribution in [3.05, 3.63) is 34.9 Å². The molecular formula is C9H13ClN2. The lowest BCUT2D eigenvalue weighted by Crippen LogP contribution is -2.24. The molecule has 0 heterocycles. The summed E-state index contributed by atoms with van der Waals surface area (Å²) in [5.74, 6) is 0. The lowest BCUT2D eigenvalue weighted by atomic mass is 10.1. The van der Waals surface area contributed by atoms with Gasteiger partial charge in [0, 0.05) is 17.6 Å². The van der Waals surface area contributed by atoms with Crippen LogP contribution in [0.25, 0.3) is 0 Å². The lowest BCUT2D eigenvalue weighted by Gasteiger charge is -2.14. The highest BCUT2D eigenvalue weighted by Gasteiger charge is 2.08. The van der Waals surface area contributed by atoms with Crippen molar-refractivity contribution in [3.63, 3.8) is 0 Å². The van der Waals surface area contributed by atoms with Gasteiger partial charge in [0.2, 0.25) is 0 Å². The molecule has 12 heavy (non-hydrogen) atoms. The first-order valence-electron chi connectivity index (χ1n) is 3.91. The molecular weight excluding hydrogens is 172 g/mol. The monoisotopic (exact) mass is 184 g/mol. The van der Waals surface area contributed by atoms with E-state index in [1.165, 1.54) is 0 Å². The Labute approximate surface area is 77.7 Å². The van der Waals surface area contributed by atoms with E-state index in [9.17, 15) is 0 Å². The van der Waals surface area contributed by atoms with E-state index in [0.717, 1.165) is 10.6 Å². The summed E-state index contributed by atoms with van der Waals surface area (Å²) in [7, 11) is 1.88. The summed E-state index contributed by atoms with van der Waals surface area (Å²) in [6, 6.07) is 7.88. The highest BCUT2D eigenvalue weighted by atomic mass is 35.5. The molecule has 0 aliphatic rings. The van der Waals surface area contributed by atoms with E-state index in [1.54, 1.807) is 0 Å². The van der Waals surface area contributed by atoms with E-state index in [1.807, 2.05) is 31.3 Å². The van der Waals surface area contributed by atoms with Crippen LogP contribution in [0.5, 0.6) is 0 Å². The molecule has 66 valence electrons. The Morgan fingerprint density at radius 2 is 2.17 bits per heavy atom. The van der Waals surface area contributed by atoms with Crippen LogP contribution in [0.2, 0.25) is 5.02 Å². The van der Waals surface area contributed by atoms with Crippen molar-refractivity contribution >= 4 is 11.6 Å². The average molecular weight is 185 g/mol. The lowest BCUT2D eigenvalue weighted by molar-refractivity contribution is 0.606. The van der Waals surface area contributed by atoms with Crippen LogP contribution in [-0.2, 0) is 0 Å². The van der Waals surface area contributed by atoms with Crippen molar-refractivity contribution in [2.75, 3.05) is 13.6 Å². The second-order valence-corrected chi connectivity index (χ2v) is 3.01. The minimum absolute atomic E-state index is 0.152. The standard InChI is InChI=1S/C9H13ClN2/c1-12-9(6-11)7-4-2-3-5-8(7)10/h2-5,9,12H,6,11H2,1H3/t9-/m0/s1.